The van der Waals surface area contributed by atoms with E-state index in [0.717, 1.165) is 10.9 Å². The summed E-state index contributed by atoms with van der Waals surface area (Å²) in [6, 6.07) is 10.2. The van der Waals surface area contributed by atoms with Crippen LogP contribution in [0.2, 0.25) is 0 Å². The first-order chi connectivity index (χ1) is 13.0. The van der Waals surface area contributed by atoms with Crippen LogP contribution >= 0.6 is 0 Å². The van der Waals surface area contributed by atoms with Crippen molar-refractivity contribution >= 4 is 22.3 Å². The number of nitrogens with zero attached hydrogens (tertiary/aromatic N) is 3. The molecule has 0 bridgehead atoms. The number of aromatic nitrogens is 3. The van der Waals surface area contributed by atoms with Gasteiger partial charge in [-0.2, -0.15) is 0 Å². The zero-order valence-corrected chi connectivity index (χ0v) is 14.9. The minimum absolute atomic E-state index is 0.300. The largest absolute Gasteiger partial charge is 0.493 e. The van der Waals surface area contributed by atoms with Gasteiger partial charge in [0.05, 0.1) is 24.4 Å². The zero-order chi connectivity index (χ0) is 19.1. The van der Waals surface area contributed by atoms with E-state index < -0.39 is 0 Å². The second-order valence-electron chi connectivity index (χ2n) is 6.21. The molecule has 27 heavy (non-hydrogen) atoms. The van der Waals surface area contributed by atoms with E-state index in [0.29, 0.717) is 39.7 Å². The molecule has 0 saturated heterocycles. The third-order valence-electron chi connectivity index (χ3n) is 4.54. The van der Waals surface area contributed by atoms with Crippen LogP contribution in [0.25, 0.3) is 33.5 Å². The van der Waals surface area contributed by atoms with Gasteiger partial charge in [-0.25, -0.2) is 14.4 Å². The monoisotopic (exact) mass is 363 g/mol. The number of methoxy groups -OCH3 is 1. The summed E-state index contributed by atoms with van der Waals surface area (Å²) in [5.74, 6) is 0.560. The van der Waals surface area contributed by atoms with Crippen molar-refractivity contribution in [3.05, 3.63) is 54.6 Å². The summed E-state index contributed by atoms with van der Waals surface area (Å²) < 4.78 is 21.5. The minimum Gasteiger partial charge on any atom is -0.493 e. The molecule has 0 spiro atoms. The van der Waals surface area contributed by atoms with E-state index in [2.05, 4.69) is 9.97 Å². The molecule has 2 heterocycles. The Bertz CT molecular complexity index is 1150. The van der Waals surface area contributed by atoms with Crippen molar-refractivity contribution in [1.29, 1.82) is 0 Å². The van der Waals surface area contributed by atoms with Gasteiger partial charge in [0.1, 0.15) is 11.5 Å². The highest BCUT2D eigenvalue weighted by atomic mass is 19.1. The number of hydrogen-bond donors (Lipinski definition) is 2. The number of nitrogen functional groups attached to an aromatic ring is 2. The molecular formula is C20H18FN5O. The van der Waals surface area contributed by atoms with E-state index >= 15 is 0 Å². The Morgan fingerprint density at radius 1 is 1.07 bits per heavy atom. The van der Waals surface area contributed by atoms with Gasteiger partial charge in [0.15, 0.2) is 11.6 Å². The fourth-order valence-corrected chi connectivity index (χ4v) is 3.29. The van der Waals surface area contributed by atoms with E-state index in [1.807, 2.05) is 12.3 Å². The van der Waals surface area contributed by atoms with Gasteiger partial charge in [-0.05, 0) is 18.2 Å². The minimum atomic E-state index is -0.300. The molecule has 4 N–H and O–H groups in total. The molecule has 0 amide bonds. The van der Waals surface area contributed by atoms with Crippen molar-refractivity contribution in [2.45, 2.75) is 0 Å². The lowest BCUT2D eigenvalue weighted by Gasteiger charge is -2.11. The summed E-state index contributed by atoms with van der Waals surface area (Å²) in [6.45, 7) is 0. The maximum Gasteiger partial charge on any atom is 0.164 e. The van der Waals surface area contributed by atoms with Crippen LogP contribution in [0, 0.1) is 5.82 Å². The zero-order valence-electron chi connectivity index (χ0n) is 14.9. The average molecular weight is 363 g/mol. The van der Waals surface area contributed by atoms with Crippen LogP contribution in [0.1, 0.15) is 0 Å². The average Bonchev–Trinajstić information content (AvgIpc) is 2.99. The first-order valence-electron chi connectivity index (χ1n) is 8.30. The van der Waals surface area contributed by atoms with E-state index in [4.69, 9.17) is 16.2 Å². The lowest BCUT2D eigenvalue weighted by atomic mass is 10.1. The summed E-state index contributed by atoms with van der Waals surface area (Å²) in [7, 11) is 3.33. The van der Waals surface area contributed by atoms with Crippen molar-refractivity contribution < 1.29 is 9.13 Å². The number of rotatable bonds is 3. The predicted molar refractivity (Wildman–Crippen MR) is 105 cm³/mol. The number of para-hydroxylation sites is 1. The molecule has 0 fully saturated rings. The lowest BCUT2D eigenvalue weighted by Crippen LogP contribution is -2.01. The number of anilines is 2. The maximum absolute atomic E-state index is 14.3. The third kappa shape index (κ3) is 2.64. The Morgan fingerprint density at radius 2 is 1.78 bits per heavy atom. The van der Waals surface area contributed by atoms with Gasteiger partial charge < -0.3 is 20.8 Å². The second-order valence-corrected chi connectivity index (χ2v) is 6.21. The van der Waals surface area contributed by atoms with Crippen molar-refractivity contribution in [1.82, 2.24) is 14.5 Å². The molecule has 0 atom stereocenters. The Kier molecular flexibility index (Phi) is 3.92. The van der Waals surface area contributed by atoms with Gasteiger partial charge in [-0.1, -0.05) is 18.2 Å². The number of ether oxygens (including phenoxy) is 1. The van der Waals surface area contributed by atoms with Gasteiger partial charge in [-0.3, -0.25) is 0 Å². The molecule has 0 saturated carbocycles. The molecule has 136 valence electrons. The molecule has 4 aromatic rings. The van der Waals surface area contributed by atoms with Crippen LogP contribution in [0.15, 0.2) is 48.8 Å². The first kappa shape index (κ1) is 16.8. The van der Waals surface area contributed by atoms with Crippen molar-refractivity contribution in [3.63, 3.8) is 0 Å². The van der Waals surface area contributed by atoms with Crippen LogP contribution in [-0.2, 0) is 7.05 Å². The standard InChI is InChI=1S/C20H18FN5O/c1-26-10-12(11-5-3-6-13(21)19(11)26)18-16(27-2)9-24-20(25-18)17-14(22)7-4-8-15(17)23/h3-10H,22-23H2,1-2H3. The van der Waals surface area contributed by atoms with Crippen LogP contribution < -0.4 is 16.2 Å². The van der Waals surface area contributed by atoms with E-state index in [9.17, 15) is 4.39 Å². The van der Waals surface area contributed by atoms with Crippen LogP contribution in [0.5, 0.6) is 5.75 Å². The van der Waals surface area contributed by atoms with Gasteiger partial charge in [0.2, 0.25) is 0 Å². The summed E-state index contributed by atoms with van der Waals surface area (Å²) in [6.07, 6.45) is 3.39. The van der Waals surface area contributed by atoms with Crippen LogP contribution in [-0.4, -0.2) is 21.6 Å². The molecule has 7 heteroatoms. The SMILES string of the molecule is COc1cnc(-c2c(N)cccc2N)nc1-c1cn(C)c2c(F)cccc12. The summed E-state index contributed by atoms with van der Waals surface area (Å²) >= 11 is 0. The number of fused-ring (bicyclic) bond motifs is 1. The van der Waals surface area contributed by atoms with Gasteiger partial charge >= 0.3 is 0 Å². The second kappa shape index (κ2) is 6.28. The van der Waals surface area contributed by atoms with Crippen molar-refractivity contribution in [2.24, 2.45) is 7.05 Å². The van der Waals surface area contributed by atoms with E-state index in [-0.39, 0.29) is 5.82 Å². The Morgan fingerprint density at radius 3 is 2.48 bits per heavy atom. The normalized spacial score (nSPS) is 11.1. The summed E-state index contributed by atoms with van der Waals surface area (Å²) in [5.41, 5.74) is 15.5. The Labute approximate surface area is 155 Å². The molecular weight excluding hydrogens is 345 g/mol. The fourth-order valence-electron chi connectivity index (χ4n) is 3.29. The highest BCUT2D eigenvalue weighted by molar-refractivity contribution is 5.97. The Balaban J connectivity index is 2.00. The number of halogens is 1. The molecule has 0 unspecified atom stereocenters. The molecule has 4 rings (SSSR count). The number of nitrogens with two attached hydrogens (primary N) is 2. The molecule has 2 aromatic carbocycles. The highest BCUT2D eigenvalue weighted by Crippen LogP contribution is 2.37. The molecule has 0 aliphatic carbocycles. The Hall–Kier alpha value is -3.61. The quantitative estimate of drug-likeness (QED) is 0.543. The van der Waals surface area contributed by atoms with E-state index in [1.165, 1.54) is 6.07 Å². The molecule has 0 radical (unpaired) electrons. The molecule has 6 nitrogen and oxygen atoms in total. The van der Waals surface area contributed by atoms with E-state index in [1.54, 1.807) is 49.2 Å². The first-order valence-corrected chi connectivity index (χ1v) is 8.30. The number of benzene rings is 2. The lowest BCUT2D eigenvalue weighted by molar-refractivity contribution is 0.413. The highest BCUT2D eigenvalue weighted by Gasteiger charge is 2.19. The number of aryl methyl sites for hydroxylation is 1. The third-order valence-corrected chi connectivity index (χ3v) is 4.54. The molecule has 0 aliphatic heterocycles. The van der Waals surface area contributed by atoms with Crippen molar-refractivity contribution in [2.75, 3.05) is 18.6 Å². The fraction of sp³-hybridized carbons (Fsp3) is 0.100. The van der Waals surface area contributed by atoms with Crippen LogP contribution in [0.4, 0.5) is 15.8 Å². The summed E-state index contributed by atoms with van der Waals surface area (Å²) in [4.78, 5) is 9.02. The van der Waals surface area contributed by atoms with Gasteiger partial charge in [0, 0.05) is 35.6 Å². The maximum atomic E-state index is 14.3. The number of hydrogen-bond acceptors (Lipinski definition) is 5. The smallest absolute Gasteiger partial charge is 0.164 e. The van der Waals surface area contributed by atoms with Crippen LogP contribution in [0.3, 0.4) is 0 Å². The van der Waals surface area contributed by atoms with Gasteiger partial charge in [0.25, 0.3) is 0 Å². The van der Waals surface area contributed by atoms with Gasteiger partial charge in [-0.15, -0.1) is 0 Å². The summed E-state index contributed by atoms with van der Waals surface area (Å²) in [5, 5.41) is 0.731. The van der Waals surface area contributed by atoms with Crippen molar-refractivity contribution in [3.8, 4) is 28.4 Å². The molecule has 2 aromatic heterocycles. The predicted octanol–water partition coefficient (Wildman–Crippen LogP) is 3.61. The topological polar surface area (TPSA) is 92.0 Å². The molecule has 0 aliphatic rings.